The SMILES string of the molecule is CCc1occc1C(=O)N(C)CCCCCO. The molecule has 17 heavy (non-hydrogen) atoms. The summed E-state index contributed by atoms with van der Waals surface area (Å²) in [7, 11) is 1.80. The fourth-order valence-corrected chi connectivity index (χ4v) is 1.75. The Labute approximate surface area is 102 Å². The van der Waals surface area contributed by atoms with Crippen molar-refractivity contribution in [2.45, 2.75) is 32.6 Å². The van der Waals surface area contributed by atoms with Gasteiger partial charge in [-0.15, -0.1) is 0 Å². The molecule has 0 aliphatic heterocycles. The highest BCUT2D eigenvalue weighted by atomic mass is 16.3. The van der Waals surface area contributed by atoms with Gasteiger partial charge in [0.05, 0.1) is 11.8 Å². The van der Waals surface area contributed by atoms with Crippen molar-refractivity contribution in [2.75, 3.05) is 20.2 Å². The Morgan fingerprint density at radius 2 is 2.18 bits per heavy atom. The molecule has 4 nitrogen and oxygen atoms in total. The van der Waals surface area contributed by atoms with Gasteiger partial charge in [-0.1, -0.05) is 6.92 Å². The van der Waals surface area contributed by atoms with Crippen molar-refractivity contribution in [1.82, 2.24) is 4.90 Å². The van der Waals surface area contributed by atoms with Crippen LogP contribution in [0.25, 0.3) is 0 Å². The molecule has 0 fully saturated rings. The lowest BCUT2D eigenvalue weighted by Crippen LogP contribution is -2.28. The van der Waals surface area contributed by atoms with E-state index in [9.17, 15) is 4.79 Å². The number of hydrogen-bond acceptors (Lipinski definition) is 3. The Balaban J connectivity index is 2.46. The number of carbonyl (C=O) groups excluding carboxylic acids is 1. The number of rotatable bonds is 7. The van der Waals surface area contributed by atoms with Gasteiger partial charge in [0.25, 0.3) is 5.91 Å². The van der Waals surface area contributed by atoms with E-state index in [0.717, 1.165) is 31.4 Å². The van der Waals surface area contributed by atoms with E-state index in [4.69, 9.17) is 9.52 Å². The summed E-state index contributed by atoms with van der Waals surface area (Å²) in [6.45, 7) is 2.91. The van der Waals surface area contributed by atoms with E-state index in [0.29, 0.717) is 12.1 Å². The lowest BCUT2D eigenvalue weighted by Gasteiger charge is -2.16. The van der Waals surface area contributed by atoms with Gasteiger partial charge in [0.15, 0.2) is 0 Å². The molecule has 1 aromatic heterocycles. The minimum absolute atomic E-state index is 0.0135. The first kappa shape index (κ1) is 13.8. The molecule has 1 rings (SSSR count). The standard InChI is InChI=1S/C13H21NO3/c1-3-12-11(7-10-17-12)13(16)14(2)8-5-4-6-9-15/h7,10,15H,3-6,8-9H2,1-2H3. The number of hydrogen-bond donors (Lipinski definition) is 1. The molecule has 0 spiro atoms. The second-order valence-corrected chi connectivity index (χ2v) is 4.12. The summed E-state index contributed by atoms with van der Waals surface area (Å²) in [6.07, 6.45) is 4.95. The van der Waals surface area contributed by atoms with Crippen LogP contribution >= 0.6 is 0 Å². The molecule has 0 aliphatic carbocycles. The summed E-state index contributed by atoms with van der Waals surface area (Å²) in [5.74, 6) is 0.761. The summed E-state index contributed by atoms with van der Waals surface area (Å²) in [5.41, 5.74) is 0.664. The minimum Gasteiger partial charge on any atom is -0.469 e. The van der Waals surface area contributed by atoms with Crippen molar-refractivity contribution < 1.29 is 14.3 Å². The minimum atomic E-state index is 0.0135. The largest absolute Gasteiger partial charge is 0.469 e. The van der Waals surface area contributed by atoms with E-state index in [-0.39, 0.29) is 12.5 Å². The van der Waals surface area contributed by atoms with Crippen LogP contribution in [0.5, 0.6) is 0 Å². The molecule has 0 aliphatic rings. The number of nitrogens with zero attached hydrogens (tertiary/aromatic N) is 1. The number of aliphatic hydroxyl groups excluding tert-OH is 1. The van der Waals surface area contributed by atoms with E-state index in [1.165, 1.54) is 0 Å². The zero-order valence-corrected chi connectivity index (χ0v) is 10.6. The fourth-order valence-electron chi connectivity index (χ4n) is 1.75. The lowest BCUT2D eigenvalue weighted by molar-refractivity contribution is 0.0790. The molecule has 0 saturated heterocycles. The van der Waals surface area contributed by atoms with Crippen molar-refractivity contribution in [3.8, 4) is 0 Å². The summed E-state index contributed by atoms with van der Waals surface area (Å²) >= 11 is 0. The molecular formula is C13H21NO3. The second kappa shape index (κ2) is 7.12. The number of carbonyl (C=O) groups is 1. The molecule has 0 radical (unpaired) electrons. The van der Waals surface area contributed by atoms with Gasteiger partial charge < -0.3 is 14.4 Å². The van der Waals surface area contributed by atoms with Crippen LogP contribution in [0.1, 0.15) is 42.3 Å². The molecule has 1 N–H and O–H groups in total. The van der Waals surface area contributed by atoms with Gasteiger partial charge in [-0.25, -0.2) is 0 Å². The Bertz CT molecular complexity index is 346. The maximum Gasteiger partial charge on any atom is 0.257 e. The third-order valence-corrected chi connectivity index (χ3v) is 2.80. The van der Waals surface area contributed by atoms with Gasteiger partial charge in [0, 0.05) is 26.6 Å². The molecule has 96 valence electrons. The van der Waals surface area contributed by atoms with E-state index >= 15 is 0 Å². The van der Waals surface area contributed by atoms with E-state index in [1.54, 1.807) is 24.3 Å². The Morgan fingerprint density at radius 3 is 2.82 bits per heavy atom. The van der Waals surface area contributed by atoms with Crippen LogP contribution in [-0.4, -0.2) is 36.1 Å². The highest BCUT2D eigenvalue weighted by Gasteiger charge is 2.16. The van der Waals surface area contributed by atoms with Gasteiger partial charge >= 0.3 is 0 Å². The van der Waals surface area contributed by atoms with Gasteiger partial charge in [0.2, 0.25) is 0 Å². The normalized spacial score (nSPS) is 10.5. The highest BCUT2D eigenvalue weighted by Crippen LogP contribution is 2.13. The number of aliphatic hydroxyl groups is 1. The van der Waals surface area contributed by atoms with Gasteiger partial charge in [0.1, 0.15) is 5.76 Å². The van der Waals surface area contributed by atoms with Gasteiger partial charge in [-0.05, 0) is 25.3 Å². The third kappa shape index (κ3) is 3.89. The number of amides is 1. The topological polar surface area (TPSA) is 53.7 Å². The first-order valence-electron chi connectivity index (χ1n) is 6.13. The molecule has 4 heteroatoms. The van der Waals surface area contributed by atoms with E-state index in [1.807, 2.05) is 6.92 Å². The number of furan rings is 1. The van der Waals surface area contributed by atoms with Crippen molar-refractivity contribution >= 4 is 5.91 Å². The molecule has 0 aromatic carbocycles. The van der Waals surface area contributed by atoms with Crippen molar-refractivity contribution in [2.24, 2.45) is 0 Å². The molecule has 0 saturated carbocycles. The van der Waals surface area contributed by atoms with Crippen molar-refractivity contribution in [3.05, 3.63) is 23.7 Å². The third-order valence-electron chi connectivity index (χ3n) is 2.80. The quantitative estimate of drug-likeness (QED) is 0.741. The average molecular weight is 239 g/mol. The maximum absolute atomic E-state index is 12.1. The summed E-state index contributed by atoms with van der Waals surface area (Å²) in [6, 6.07) is 1.73. The van der Waals surface area contributed by atoms with Gasteiger partial charge in [-0.3, -0.25) is 4.79 Å². The van der Waals surface area contributed by atoms with Crippen LogP contribution in [0.2, 0.25) is 0 Å². The van der Waals surface area contributed by atoms with Crippen molar-refractivity contribution in [1.29, 1.82) is 0 Å². The molecular weight excluding hydrogens is 218 g/mol. The molecule has 1 heterocycles. The molecule has 1 amide bonds. The summed E-state index contributed by atoms with van der Waals surface area (Å²) in [5, 5.41) is 8.67. The zero-order valence-electron chi connectivity index (χ0n) is 10.6. The lowest BCUT2D eigenvalue weighted by atomic mass is 10.2. The number of aryl methyl sites for hydroxylation is 1. The van der Waals surface area contributed by atoms with Crippen LogP contribution in [0, 0.1) is 0 Å². The van der Waals surface area contributed by atoms with Gasteiger partial charge in [-0.2, -0.15) is 0 Å². The van der Waals surface area contributed by atoms with Crippen LogP contribution in [-0.2, 0) is 6.42 Å². The molecule has 0 bridgehead atoms. The number of unbranched alkanes of at least 4 members (excludes halogenated alkanes) is 2. The first-order valence-corrected chi connectivity index (χ1v) is 6.13. The summed E-state index contributed by atoms with van der Waals surface area (Å²) in [4.78, 5) is 13.8. The average Bonchev–Trinajstić information content (AvgIpc) is 2.81. The molecule has 1 aromatic rings. The van der Waals surface area contributed by atoms with E-state index < -0.39 is 0 Å². The van der Waals surface area contributed by atoms with Crippen LogP contribution in [0.4, 0.5) is 0 Å². The fraction of sp³-hybridized carbons (Fsp3) is 0.615. The predicted molar refractivity (Wildman–Crippen MR) is 66.0 cm³/mol. The Hall–Kier alpha value is -1.29. The Morgan fingerprint density at radius 1 is 1.41 bits per heavy atom. The predicted octanol–water partition coefficient (Wildman–Crippen LogP) is 2.08. The highest BCUT2D eigenvalue weighted by molar-refractivity contribution is 5.94. The molecule has 0 atom stereocenters. The Kier molecular flexibility index (Phi) is 5.77. The van der Waals surface area contributed by atoms with Crippen molar-refractivity contribution in [3.63, 3.8) is 0 Å². The first-order chi connectivity index (χ1) is 8.20. The zero-order chi connectivity index (χ0) is 12.7. The smallest absolute Gasteiger partial charge is 0.257 e. The van der Waals surface area contributed by atoms with E-state index in [2.05, 4.69) is 0 Å². The van der Waals surface area contributed by atoms with Crippen LogP contribution in [0.15, 0.2) is 16.7 Å². The maximum atomic E-state index is 12.1. The molecule has 0 unspecified atom stereocenters. The summed E-state index contributed by atoms with van der Waals surface area (Å²) < 4.78 is 5.25. The van der Waals surface area contributed by atoms with Crippen LogP contribution in [0.3, 0.4) is 0 Å². The monoisotopic (exact) mass is 239 g/mol. The second-order valence-electron chi connectivity index (χ2n) is 4.12. The van der Waals surface area contributed by atoms with Crippen LogP contribution < -0.4 is 0 Å².